The summed E-state index contributed by atoms with van der Waals surface area (Å²) in [5.41, 5.74) is 0.400. The SMILES string of the molecule is CCOC(=O)C(=NC)c1cccs1. The number of ether oxygens (including phenoxy) is 1. The minimum Gasteiger partial charge on any atom is -0.461 e. The first-order valence-corrected chi connectivity index (χ1v) is 4.85. The molecule has 3 nitrogen and oxygen atoms in total. The molecule has 1 aromatic rings. The third kappa shape index (κ3) is 2.39. The average Bonchev–Trinajstić information content (AvgIpc) is 2.59. The zero-order valence-corrected chi connectivity index (χ0v) is 8.43. The highest BCUT2D eigenvalue weighted by Gasteiger charge is 2.14. The second-order valence-electron chi connectivity index (χ2n) is 2.27. The lowest BCUT2D eigenvalue weighted by Gasteiger charge is -2.01. The van der Waals surface area contributed by atoms with E-state index in [9.17, 15) is 4.79 Å². The van der Waals surface area contributed by atoms with Gasteiger partial charge in [0.2, 0.25) is 0 Å². The molecule has 0 spiro atoms. The fourth-order valence-electron chi connectivity index (χ4n) is 0.915. The maximum absolute atomic E-state index is 11.3. The summed E-state index contributed by atoms with van der Waals surface area (Å²) in [5, 5.41) is 1.90. The standard InChI is InChI=1S/C9H11NO2S/c1-3-12-9(11)8(10-2)7-5-4-6-13-7/h4-6H,3H2,1-2H3. The number of carbonyl (C=O) groups excluding carboxylic acids is 1. The van der Waals surface area contributed by atoms with Crippen LogP contribution in [0.2, 0.25) is 0 Å². The van der Waals surface area contributed by atoms with E-state index in [0.29, 0.717) is 12.3 Å². The van der Waals surface area contributed by atoms with Crippen LogP contribution in [0.3, 0.4) is 0 Å². The van der Waals surface area contributed by atoms with Crippen molar-refractivity contribution in [2.75, 3.05) is 13.7 Å². The molecule has 0 aliphatic carbocycles. The van der Waals surface area contributed by atoms with E-state index in [2.05, 4.69) is 4.99 Å². The Labute approximate surface area is 81.1 Å². The highest BCUT2D eigenvalue weighted by atomic mass is 32.1. The summed E-state index contributed by atoms with van der Waals surface area (Å²) in [4.78, 5) is 16.1. The van der Waals surface area contributed by atoms with Crippen LogP contribution in [0.25, 0.3) is 0 Å². The van der Waals surface area contributed by atoms with Gasteiger partial charge in [-0.3, -0.25) is 4.99 Å². The monoisotopic (exact) mass is 197 g/mol. The van der Waals surface area contributed by atoms with Crippen LogP contribution >= 0.6 is 11.3 Å². The van der Waals surface area contributed by atoms with Crippen molar-refractivity contribution in [3.63, 3.8) is 0 Å². The molecular weight excluding hydrogens is 186 g/mol. The van der Waals surface area contributed by atoms with Crippen molar-refractivity contribution in [3.8, 4) is 0 Å². The quantitative estimate of drug-likeness (QED) is 0.546. The molecule has 0 bridgehead atoms. The van der Waals surface area contributed by atoms with Crippen molar-refractivity contribution < 1.29 is 9.53 Å². The van der Waals surface area contributed by atoms with Gasteiger partial charge in [-0.25, -0.2) is 4.79 Å². The van der Waals surface area contributed by atoms with E-state index in [4.69, 9.17) is 4.74 Å². The Morgan fingerprint density at radius 3 is 2.92 bits per heavy atom. The molecule has 1 aromatic heterocycles. The molecule has 0 saturated heterocycles. The predicted molar refractivity (Wildman–Crippen MR) is 53.4 cm³/mol. The molecule has 0 aromatic carbocycles. The number of hydrogen-bond acceptors (Lipinski definition) is 4. The maximum Gasteiger partial charge on any atom is 0.357 e. The normalized spacial score (nSPS) is 11.4. The minimum atomic E-state index is -0.354. The first kappa shape index (κ1) is 9.92. The Morgan fingerprint density at radius 2 is 2.46 bits per heavy atom. The fourth-order valence-corrected chi connectivity index (χ4v) is 1.66. The van der Waals surface area contributed by atoms with Gasteiger partial charge in [0, 0.05) is 7.05 Å². The van der Waals surface area contributed by atoms with Crippen LogP contribution < -0.4 is 0 Å². The number of nitrogens with zero attached hydrogens (tertiary/aromatic N) is 1. The Hall–Kier alpha value is -1.16. The van der Waals surface area contributed by atoms with E-state index in [-0.39, 0.29) is 5.97 Å². The van der Waals surface area contributed by atoms with E-state index in [1.165, 1.54) is 11.3 Å². The zero-order valence-electron chi connectivity index (χ0n) is 7.61. The first-order valence-electron chi connectivity index (χ1n) is 3.97. The zero-order chi connectivity index (χ0) is 9.68. The van der Waals surface area contributed by atoms with Crippen molar-refractivity contribution in [2.24, 2.45) is 4.99 Å². The van der Waals surface area contributed by atoms with Gasteiger partial charge in [-0.2, -0.15) is 0 Å². The van der Waals surface area contributed by atoms with Crippen molar-refractivity contribution >= 4 is 23.0 Å². The molecule has 0 fully saturated rings. The molecule has 0 amide bonds. The number of rotatable bonds is 3. The summed E-state index contributed by atoms with van der Waals surface area (Å²) < 4.78 is 4.86. The summed E-state index contributed by atoms with van der Waals surface area (Å²) in [6.45, 7) is 2.16. The molecule has 13 heavy (non-hydrogen) atoms. The van der Waals surface area contributed by atoms with Gasteiger partial charge >= 0.3 is 5.97 Å². The highest BCUT2D eigenvalue weighted by molar-refractivity contribution is 7.13. The molecular formula is C9H11NO2S. The second-order valence-corrected chi connectivity index (χ2v) is 3.22. The van der Waals surface area contributed by atoms with Crippen LogP contribution in [0.1, 0.15) is 11.8 Å². The number of hydrogen-bond donors (Lipinski definition) is 0. The van der Waals surface area contributed by atoms with Crippen molar-refractivity contribution in [3.05, 3.63) is 22.4 Å². The van der Waals surface area contributed by atoms with E-state index in [1.54, 1.807) is 14.0 Å². The lowest BCUT2D eigenvalue weighted by Crippen LogP contribution is -2.17. The van der Waals surface area contributed by atoms with Crippen molar-refractivity contribution in [1.82, 2.24) is 0 Å². The molecule has 0 aliphatic heterocycles. The lowest BCUT2D eigenvalue weighted by atomic mass is 10.3. The van der Waals surface area contributed by atoms with Crippen LogP contribution in [-0.2, 0) is 9.53 Å². The molecule has 4 heteroatoms. The van der Waals surface area contributed by atoms with Crippen LogP contribution in [-0.4, -0.2) is 25.3 Å². The third-order valence-corrected chi connectivity index (χ3v) is 2.32. The Morgan fingerprint density at radius 1 is 1.69 bits per heavy atom. The van der Waals surface area contributed by atoms with Gasteiger partial charge in [0.05, 0.1) is 11.5 Å². The van der Waals surface area contributed by atoms with Crippen molar-refractivity contribution in [2.45, 2.75) is 6.92 Å². The highest BCUT2D eigenvalue weighted by Crippen LogP contribution is 2.10. The van der Waals surface area contributed by atoms with Crippen LogP contribution in [0.4, 0.5) is 0 Å². The molecule has 0 unspecified atom stereocenters. The van der Waals surface area contributed by atoms with E-state index < -0.39 is 0 Å². The minimum absolute atomic E-state index is 0.354. The molecule has 1 heterocycles. The van der Waals surface area contributed by atoms with Crippen molar-refractivity contribution in [1.29, 1.82) is 0 Å². The van der Waals surface area contributed by atoms with Crippen LogP contribution in [0.5, 0.6) is 0 Å². The number of carbonyl (C=O) groups is 1. The molecule has 0 aliphatic rings. The van der Waals surface area contributed by atoms with E-state index >= 15 is 0 Å². The smallest absolute Gasteiger partial charge is 0.357 e. The van der Waals surface area contributed by atoms with Gasteiger partial charge in [0.1, 0.15) is 0 Å². The van der Waals surface area contributed by atoms with Gasteiger partial charge in [0.25, 0.3) is 0 Å². The molecule has 0 saturated carbocycles. The van der Waals surface area contributed by atoms with Crippen LogP contribution in [0, 0.1) is 0 Å². The second kappa shape index (κ2) is 4.77. The Balaban J connectivity index is 2.82. The number of aliphatic imine (C=N–C) groups is 1. The molecule has 0 atom stereocenters. The lowest BCUT2D eigenvalue weighted by molar-refractivity contribution is -0.134. The third-order valence-electron chi connectivity index (χ3n) is 1.45. The van der Waals surface area contributed by atoms with Gasteiger partial charge < -0.3 is 4.74 Å². The predicted octanol–water partition coefficient (Wildman–Crippen LogP) is 1.73. The van der Waals surface area contributed by atoms with Gasteiger partial charge in [0.15, 0.2) is 5.71 Å². The molecule has 0 radical (unpaired) electrons. The van der Waals surface area contributed by atoms with Gasteiger partial charge in [-0.15, -0.1) is 11.3 Å². The van der Waals surface area contributed by atoms with E-state index in [0.717, 1.165) is 4.88 Å². The maximum atomic E-state index is 11.3. The Kier molecular flexibility index (Phi) is 3.64. The fraction of sp³-hybridized carbons (Fsp3) is 0.333. The number of thiophene rings is 1. The summed E-state index contributed by atoms with van der Waals surface area (Å²) >= 11 is 1.48. The average molecular weight is 197 g/mol. The molecule has 1 rings (SSSR count). The molecule has 70 valence electrons. The van der Waals surface area contributed by atoms with Gasteiger partial charge in [-0.1, -0.05) is 6.07 Å². The van der Waals surface area contributed by atoms with Gasteiger partial charge in [-0.05, 0) is 18.4 Å². The van der Waals surface area contributed by atoms with E-state index in [1.807, 2.05) is 17.5 Å². The largest absolute Gasteiger partial charge is 0.461 e. The summed E-state index contributed by atoms with van der Waals surface area (Å²) in [6, 6.07) is 3.73. The summed E-state index contributed by atoms with van der Waals surface area (Å²) in [5.74, 6) is -0.354. The Bertz CT molecular complexity index is 303. The number of esters is 1. The van der Waals surface area contributed by atoms with Crippen LogP contribution in [0.15, 0.2) is 22.5 Å². The molecule has 0 N–H and O–H groups in total. The summed E-state index contributed by atoms with van der Waals surface area (Å²) in [6.07, 6.45) is 0. The first-order chi connectivity index (χ1) is 6.29. The topological polar surface area (TPSA) is 38.7 Å². The summed E-state index contributed by atoms with van der Waals surface area (Å²) in [7, 11) is 1.59.